The number of hydrogen-bond donors (Lipinski definition) is 2. The van der Waals surface area contributed by atoms with Crippen LogP contribution in [0.4, 0.5) is 0 Å². The number of benzene rings is 2. The predicted octanol–water partition coefficient (Wildman–Crippen LogP) is 2.75. The van der Waals surface area contributed by atoms with Gasteiger partial charge in [0.1, 0.15) is 0 Å². The Morgan fingerprint density at radius 2 is 1.76 bits per heavy atom. The Labute approximate surface area is 199 Å². The lowest BCUT2D eigenvalue weighted by Crippen LogP contribution is -2.38. The monoisotopic (exact) mass is 489 g/mol. The molecule has 33 heavy (non-hydrogen) atoms. The number of halogens is 1. The van der Waals surface area contributed by atoms with Crippen LogP contribution in [0.1, 0.15) is 37.3 Å². The molecule has 11 heteroatoms. The molecule has 0 saturated carbocycles. The van der Waals surface area contributed by atoms with Crippen molar-refractivity contribution in [3.05, 3.63) is 70.7 Å². The highest BCUT2D eigenvalue weighted by Gasteiger charge is 2.29. The second-order valence-corrected chi connectivity index (χ2v) is 9.39. The van der Waals surface area contributed by atoms with Crippen LogP contribution in [0, 0.1) is 0 Å². The van der Waals surface area contributed by atoms with Crippen molar-refractivity contribution in [1.82, 2.24) is 9.31 Å². The first-order chi connectivity index (χ1) is 15.7. The maximum absolute atomic E-state index is 12.8. The van der Waals surface area contributed by atoms with Crippen molar-refractivity contribution in [2.75, 3.05) is 19.6 Å². The molecule has 2 aromatic rings. The van der Waals surface area contributed by atoms with Crippen molar-refractivity contribution < 1.29 is 8.42 Å². The van der Waals surface area contributed by atoms with Crippen LogP contribution in [0.3, 0.4) is 0 Å². The summed E-state index contributed by atoms with van der Waals surface area (Å²) in [6, 6.07) is 17.3. The van der Waals surface area contributed by atoms with Crippen LogP contribution in [0.2, 0.25) is 5.02 Å². The number of hydrogen-bond acceptors (Lipinski definition) is 3. The summed E-state index contributed by atoms with van der Waals surface area (Å²) in [6.45, 7) is 4.39. The first kappa shape index (κ1) is 24.7. The smallest absolute Gasteiger partial charge is 0.325 e. The van der Waals surface area contributed by atoms with Gasteiger partial charge in [0.05, 0.1) is 5.71 Å². The Morgan fingerprint density at radius 1 is 1.12 bits per heavy atom. The minimum Gasteiger partial charge on any atom is -0.370 e. The zero-order valence-corrected chi connectivity index (χ0v) is 20.2. The summed E-state index contributed by atoms with van der Waals surface area (Å²) in [5.74, 6) is -0.500. The van der Waals surface area contributed by atoms with Crippen molar-refractivity contribution in [1.29, 1.82) is 0 Å². The fourth-order valence-electron chi connectivity index (χ4n) is 3.62. The molecule has 176 valence electrons. The topological polar surface area (TPSA) is 130 Å². The van der Waals surface area contributed by atoms with Gasteiger partial charge in [-0.3, -0.25) is 0 Å². The van der Waals surface area contributed by atoms with E-state index in [-0.39, 0.29) is 30.9 Å². The zero-order chi connectivity index (χ0) is 24.0. The maximum atomic E-state index is 12.8. The van der Waals surface area contributed by atoms with E-state index in [2.05, 4.69) is 9.39 Å². The SMILES string of the molecule is CCN(CC)S(=O)(=O)/N=C(\N=C(N)N)N1CCC(c2ccccc2)C(c2ccc(Cl)cc2)=N1. The first-order valence-corrected chi connectivity index (χ1v) is 12.4. The highest BCUT2D eigenvalue weighted by atomic mass is 35.5. The standard InChI is InChI=1S/C22H28ClN7O2S/c1-3-29(4-2)33(31,32)28-22(26-21(24)25)30-15-14-19(16-8-6-5-7-9-16)20(27-30)17-10-12-18(23)13-11-17/h5-13,19H,3-4,14-15H2,1-2H3,(H4,24,25,26,28). The average Bonchev–Trinajstić information content (AvgIpc) is 2.79. The third-order valence-electron chi connectivity index (χ3n) is 5.22. The van der Waals surface area contributed by atoms with E-state index in [1.807, 2.05) is 42.5 Å². The highest BCUT2D eigenvalue weighted by Crippen LogP contribution is 2.30. The van der Waals surface area contributed by atoms with Crippen molar-refractivity contribution >= 4 is 39.4 Å². The molecule has 1 atom stereocenters. The number of nitrogens with two attached hydrogens (primary N) is 2. The third-order valence-corrected chi connectivity index (χ3v) is 7.03. The molecule has 0 spiro atoms. The normalized spacial score (nSPS) is 17.1. The number of rotatable bonds is 6. The number of aliphatic imine (C=N–C) groups is 1. The van der Waals surface area contributed by atoms with Gasteiger partial charge in [0, 0.05) is 30.6 Å². The van der Waals surface area contributed by atoms with Gasteiger partial charge in [-0.15, -0.1) is 4.40 Å². The molecule has 0 radical (unpaired) electrons. The van der Waals surface area contributed by atoms with E-state index in [0.29, 0.717) is 18.0 Å². The zero-order valence-electron chi connectivity index (χ0n) is 18.6. The van der Waals surface area contributed by atoms with Gasteiger partial charge in [0.2, 0.25) is 0 Å². The Kier molecular flexibility index (Phi) is 8.06. The highest BCUT2D eigenvalue weighted by molar-refractivity contribution is 7.87. The van der Waals surface area contributed by atoms with Crippen molar-refractivity contribution in [3.8, 4) is 0 Å². The first-order valence-electron chi connectivity index (χ1n) is 10.6. The average molecular weight is 490 g/mol. The molecule has 0 saturated heterocycles. The molecule has 9 nitrogen and oxygen atoms in total. The van der Waals surface area contributed by atoms with Crippen LogP contribution in [-0.4, -0.2) is 55.0 Å². The summed E-state index contributed by atoms with van der Waals surface area (Å²) >= 11 is 6.08. The van der Waals surface area contributed by atoms with E-state index < -0.39 is 10.2 Å². The third kappa shape index (κ3) is 6.10. The van der Waals surface area contributed by atoms with E-state index in [1.165, 1.54) is 9.31 Å². The summed E-state index contributed by atoms with van der Waals surface area (Å²) in [5, 5.41) is 6.81. The molecule has 0 amide bonds. The van der Waals surface area contributed by atoms with Gasteiger partial charge in [-0.2, -0.15) is 22.8 Å². The quantitative estimate of drug-likeness (QED) is 0.476. The van der Waals surface area contributed by atoms with Gasteiger partial charge in [0.15, 0.2) is 5.96 Å². The second-order valence-electron chi connectivity index (χ2n) is 7.36. The van der Waals surface area contributed by atoms with E-state index in [4.69, 9.17) is 28.2 Å². The fourth-order valence-corrected chi connectivity index (χ4v) is 4.86. The van der Waals surface area contributed by atoms with Crippen LogP contribution in [-0.2, 0) is 10.2 Å². The van der Waals surface area contributed by atoms with Gasteiger partial charge < -0.3 is 11.5 Å². The lowest BCUT2D eigenvalue weighted by atomic mass is 9.86. The Bertz CT molecular complexity index is 1140. The minimum absolute atomic E-state index is 0.0107. The Hall–Kier alpha value is -2.95. The molecule has 1 aliphatic heterocycles. The lowest BCUT2D eigenvalue weighted by Gasteiger charge is -2.31. The van der Waals surface area contributed by atoms with Gasteiger partial charge in [0.25, 0.3) is 5.96 Å². The molecule has 4 N–H and O–H groups in total. The molecule has 2 aromatic carbocycles. The number of hydrazone groups is 1. The second kappa shape index (κ2) is 10.8. The molecule has 1 heterocycles. The molecule has 3 rings (SSSR count). The Morgan fingerprint density at radius 3 is 2.33 bits per heavy atom. The minimum atomic E-state index is -4.00. The van der Waals surface area contributed by atoms with Gasteiger partial charge in [-0.25, -0.2) is 5.01 Å². The van der Waals surface area contributed by atoms with Crippen molar-refractivity contribution in [3.63, 3.8) is 0 Å². The summed E-state index contributed by atoms with van der Waals surface area (Å²) in [7, 11) is -4.00. The lowest BCUT2D eigenvalue weighted by molar-refractivity contribution is 0.398. The van der Waals surface area contributed by atoms with Crippen LogP contribution in [0.25, 0.3) is 0 Å². The molecular formula is C22H28ClN7O2S. The number of guanidine groups is 2. The summed E-state index contributed by atoms with van der Waals surface area (Å²) in [6.07, 6.45) is 0.649. The van der Waals surface area contributed by atoms with Crippen LogP contribution in [0.15, 0.2) is 69.1 Å². The van der Waals surface area contributed by atoms with Gasteiger partial charge in [-0.05, 0) is 29.7 Å². The largest absolute Gasteiger partial charge is 0.370 e. The molecule has 1 aliphatic rings. The molecule has 1 unspecified atom stereocenters. The number of nitrogens with zero attached hydrogens (tertiary/aromatic N) is 5. The molecule has 0 aliphatic carbocycles. The molecule has 0 aromatic heterocycles. The molecular weight excluding hydrogens is 462 g/mol. The fraction of sp³-hybridized carbons (Fsp3) is 0.318. The Balaban J connectivity index is 2.12. The van der Waals surface area contributed by atoms with E-state index in [1.54, 1.807) is 26.0 Å². The van der Waals surface area contributed by atoms with Crippen molar-refractivity contribution in [2.45, 2.75) is 26.2 Å². The van der Waals surface area contributed by atoms with Crippen LogP contribution < -0.4 is 11.5 Å². The maximum Gasteiger partial charge on any atom is 0.325 e. The van der Waals surface area contributed by atoms with E-state index in [0.717, 1.165) is 16.8 Å². The summed E-state index contributed by atoms with van der Waals surface area (Å²) in [4.78, 5) is 3.99. The summed E-state index contributed by atoms with van der Waals surface area (Å²) < 4.78 is 30.7. The van der Waals surface area contributed by atoms with E-state index >= 15 is 0 Å². The summed E-state index contributed by atoms with van der Waals surface area (Å²) in [5.41, 5.74) is 13.9. The molecule has 0 fully saturated rings. The predicted molar refractivity (Wildman–Crippen MR) is 134 cm³/mol. The van der Waals surface area contributed by atoms with Crippen LogP contribution in [0.5, 0.6) is 0 Å². The van der Waals surface area contributed by atoms with E-state index in [9.17, 15) is 8.42 Å². The van der Waals surface area contributed by atoms with Gasteiger partial charge in [-0.1, -0.05) is 67.9 Å². The molecule has 0 bridgehead atoms. The van der Waals surface area contributed by atoms with Crippen LogP contribution >= 0.6 is 11.6 Å². The van der Waals surface area contributed by atoms with Gasteiger partial charge >= 0.3 is 10.2 Å². The van der Waals surface area contributed by atoms with Crippen molar-refractivity contribution in [2.24, 2.45) is 26.0 Å².